The van der Waals surface area contributed by atoms with E-state index in [-0.39, 0.29) is 0 Å². The van der Waals surface area contributed by atoms with E-state index in [1.165, 1.54) is 24.0 Å². The molecule has 0 aliphatic heterocycles. The first-order chi connectivity index (χ1) is 10.3. The number of aryl methyl sites for hydroxylation is 3. The van der Waals surface area contributed by atoms with Gasteiger partial charge in [-0.3, -0.25) is 0 Å². The first-order valence-electron chi connectivity index (χ1n) is 7.78. The Morgan fingerprint density at radius 2 is 2.00 bits per heavy atom. The number of hydrogen-bond donors (Lipinski definition) is 1. The molecular formula is C18H22N2O. The molecule has 0 amide bonds. The van der Waals surface area contributed by atoms with Crippen LogP contribution in [0.1, 0.15) is 42.1 Å². The molecular weight excluding hydrogens is 260 g/mol. The zero-order valence-corrected chi connectivity index (χ0v) is 12.6. The lowest BCUT2D eigenvalue weighted by atomic mass is 10.1. The van der Waals surface area contributed by atoms with E-state index in [0.29, 0.717) is 12.4 Å². The standard InChI is InChI=1S/C18H22N2O/c1-2-4-16-9-13(12-19)10-18(20-16)21-17-8-7-14-5-3-6-15(14)11-17/h7-11H,2-6,12,19H2,1H3. The van der Waals surface area contributed by atoms with Crippen molar-refractivity contribution in [2.45, 2.75) is 45.6 Å². The van der Waals surface area contributed by atoms with Crippen molar-refractivity contribution < 1.29 is 4.74 Å². The van der Waals surface area contributed by atoms with Crippen molar-refractivity contribution in [3.63, 3.8) is 0 Å². The Balaban J connectivity index is 1.85. The number of pyridine rings is 1. The van der Waals surface area contributed by atoms with Crippen LogP contribution in [0.4, 0.5) is 0 Å². The molecule has 0 bridgehead atoms. The molecule has 0 radical (unpaired) electrons. The number of nitrogens with two attached hydrogens (primary N) is 1. The average Bonchev–Trinajstić information content (AvgIpc) is 2.95. The molecule has 1 aliphatic rings. The highest BCUT2D eigenvalue weighted by Crippen LogP contribution is 2.28. The SMILES string of the molecule is CCCc1cc(CN)cc(Oc2ccc3c(c2)CCC3)n1. The summed E-state index contributed by atoms with van der Waals surface area (Å²) in [4.78, 5) is 4.58. The van der Waals surface area contributed by atoms with Crippen LogP contribution in [-0.4, -0.2) is 4.98 Å². The average molecular weight is 282 g/mol. The van der Waals surface area contributed by atoms with E-state index in [0.717, 1.165) is 36.3 Å². The van der Waals surface area contributed by atoms with Crippen LogP contribution in [0.15, 0.2) is 30.3 Å². The Labute approximate surface area is 126 Å². The van der Waals surface area contributed by atoms with Crippen LogP contribution in [-0.2, 0) is 25.8 Å². The van der Waals surface area contributed by atoms with Crippen LogP contribution < -0.4 is 10.5 Å². The molecule has 1 aliphatic carbocycles. The summed E-state index contributed by atoms with van der Waals surface area (Å²) >= 11 is 0. The molecule has 0 saturated heterocycles. The molecule has 0 spiro atoms. The first-order valence-corrected chi connectivity index (χ1v) is 7.78. The number of fused-ring (bicyclic) bond motifs is 1. The quantitative estimate of drug-likeness (QED) is 0.908. The molecule has 0 atom stereocenters. The zero-order valence-electron chi connectivity index (χ0n) is 12.6. The molecule has 2 aromatic rings. The van der Waals surface area contributed by atoms with E-state index in [1.54, 1.807) is 0 Å². The van der Waals surface area contributed by atoms with Gasteiger partial charge in [0, 0.05) is 18.3 Å². The van der Waals surface area contributed by atoms with Crippen molar-refractivity contribution in [2.24, 2.45) is 5.73 Å². The lowest BCUT2D eigenvalue weighted by Crippen LogP contribution is -2.01. The van der Waals surface area contributed by atoms with Crippen molar-refractivity contribution in [3.05, 3.63) is 52.7 Å². The van der Waals surface area contributed by atoms with Crippen LogP contribution in [0.25, 0.3) is 0 Å². The van der Waals surface area contributed by atoms with Gasteiger partial charge in [-0.1, -0.05) is 19.4 Å². The number of hydrogen-bond acceptors (Lipinski definition) is 3. The smallest absolute Gasteiger partial charge is 0.219 e. The minimum atomic E-state index is 0.514. The number of rotatable bonds is 5. The van der Waals surface area contributed by atoms with Gasteiger partial charge in [0.05, 0.1) is 0 Å². The van der Waals surface area contributed by atoms with Crippen LogP contribution in [0.5, 0.6) is 11.6 Å². The summed E-state index contributed by atoms with van der Waals surface area (Å²) in [6, 6.07) is 10.4. The van der Waals surface area contributed by atoms with E-state index in [9.17, 15) is 0 Å². The van der Waals surface area contributed by atoms with Gasteiger partial charge in [0.1, 0.15) is 5.75 Å². The molecule has 3 heteroatoms. The second-order valence-corrected chi connectivity index (χ2v) is 5.65. The van der Waals surface area contributed by atoms with Gasteiger partial charge in [0.2, 0.25) is 5.88 Å². The molecule has 3 rings (SSSR count). The summed E-state index contributed by atoms with van der Waals surface area (Å²) in [7, 11) is 0. The molecule has 0 saturated carbocycles. The molecule has 1 aromatic heterocycles. The fourth-order valence-electron chi connectivity index (χ4n) is 2.91. The summed E-state index contributed by atoms with van der Waals surface area (Å²) in [5.74, 6) is 1.53. The van der Waals surface area contributed by atoms with Crippen LogP contribution in [0, 0.1) is 0 Å². The third kappa shape index (κ3) is 3.24. The van der Waals surface area contributed by atoms with Crippen molar-refractivity contribution >= 4 is 0 Å². The number of nitrogens with zero attached hydrogens (tertiary/aromatic N) is 1. The highest BCUT2D eigenvalue weighted by atomic mass is 16.5. The molecule has 21 heavy (non-hydrogen) atoms. The number of ether oxygens (including phenoxy) is 1. The first kappa shape index (κ1) is 14.1. The lowest BCUT2D eigenvalue weighted by molar-refractivity contribution is 0.459. The third-order valence-electron chi connectivity index (χ3n) is 3.95. The van der Waals surface area contributed by atoms with E-state index in [4.69, 9.17) is 10.5 Å². The van der Waals surface area contributed by atoms with Crippen molar-refractivity contribution in [1.29, 1.82) is 0 Å². The van der Waals surface area contributed by atoms with Crippen molar-refractivity contribution in [3.8, 4) is 11.6 Å². The fourth-order valence-corrected chi connectivity index (χ4v) is 2.91. The summed E-state index contributed by atoms with van der Waals surface area (Å²) in [6.45, 7) is 2.66. The normalized spacial score (nSPS) is 13.2. The third-order valence-corrected chi connectivity index (χ3v) is 3.95. The number of aromatic nitrogens is 1. The topological polar surface area (TPSA) is 48.1 Å². The maximum Gasteiger partial charge on any atom is 0.219 e. The van der Waals surface area contributed by atoms with Crippen LogP contribution in [0.2, 0.25) is 0 Å². The summed E-state index contributed by atoms with van der Waals surface area (Å²) in [5, 5.41) is 0. The summed E-state index contributed by atoms with van der Waals surface area (Å²) in [5.41, 5.74) is 10.8. The summed E-state index contributed by atoms with van der Waals surface area (Å²) < 4.78 is 5.97. The van der Waals surface area contributed by atoms with Gasteiger partial charge >= 0.3 is 0 Å². The Kier molecular flexibility index (Phi) is 4.20. The van der Waals surface area contributed by atoms with Gasteiger partial charge in [-0.2, -0.15) is 0 Å². The predicted octanol–water partition coefficient (Wildman–Crippen LogP) is 3.77. The minimum Gasteiger partial charge on any atom is -0.439 e. The van der Waals surface area contributed by atoms with Gasteiger partial charge in [0.15, 0.2) is 0 Å². The lowest BCUT2D eigenvalue weighted by Gasteiger charge is -2.10. The highest BCUT2D eigenvalue weighted by molar-refractivity contribution is 5.40. The fraction of sp³-hybridized carbons (Fsp3) is 0.389. The molecule has 2 N–H and O–H groups in total. The highest BCUT2D eigenvalue weighted by Gasteiger charge is 2.12. The van der Waals surface area contributed by atoms with Gasteiger partial charge in [-0.15, -0.1) is 0 Å². The minimum absolute atomic E-state index is 0.514. The van der Waals surface area contributed by atoms with Crippen LogP contribution in [0.3, 0.4) is 0 Å². The van der Waals surface area contributed by atoms with Crippen molar-refractivity contribution in [2.75, 3.05) is 0 Å². The molecule has 3 nitrogen and oxygen atoms in total. The Bertz CT molecular complexity index is 637. The van der Waals surface area contributed by atoms with E-state index in [2.05, 4.69) is 30.1 Å². The van der Waals surface area contributed by atoms with Gasteiger partial charge < -0.3 is 10.5 Å². The Morgan fingerprint density at radius 3 is 2.81 bits per heavy atom. The molecule has 110 valence electrons. The van der Waals surface area contributed by atoms with Gasteiger partial charge in [-0.05, 0) is 60.6 Å². The molecule has 0 fully saturated rings. The Hall–Kier alpha value is -1.87. The van der Waals surface area contributed by atoms with Crippen LogP contribution >= 0.6 is 0 Å². The molecule has 1 heterocycles. The van der Waals surface area contributed by atoms with Gasteiger partial charge in [-0.25, -0.2) is 4.98 Å². The monoisotopic (exact) mass is 282 g/mol. The predicted molar refractivity (Wildman–Crippen MR) is 84.7 cm³/mol. The molecule has 0 unspecified atom stereocenters. The van der Waals surface area contributed by atoms with E-state index >= 15 is 0 Å². The van der Waals surface area contributed by atoms with Crippen molar-refractivity contribution in [1.82, 2.24) is 4.98 Å². The summed E-state index contributed by atoms with van der Waals surface area (Å²) in [6.07, 6.45) is 5.62. The Morgan fingerprint density at radius 1 is 1.14 bits per heavy atom. The number of benzene rings is 1. The second-order valence-electron chi connectivity index (χ2n) is 5.65. The zero-order chi connectivity index (χ0) is 14.7. The van der Waals surface area contributed by atoms with E-state index < -0.39 is 0 Å². The molecule has 1 aromatic carbocycles. The largest absolute Gasteiger partial charge is 0.439 e. The van der Waals surface area contributed by atoms with Gasteiger partial charge in [0.25, 0.3) is 0 Å². The second kappa shape index (κ2) is 6.27. The maximum absolute atomic E-state index is 5.97. The van der Waals surface area contributed by atoms with E-state index in [1.807, 2.05) is 12.1 Å². The maximum atomic E-state index is 5.97.